The van der Waals surface area contributed by atoms with Crippen LogP contribution in [0.5, 0.6) is 0 Å². The average molecular weight is 329 g/mol. The molecular weight excluding hydrogens is 318 g/mol. The summed E-state index contributed by atoms with van der Waals surface area (Å²) in [5.74, 6) is 0.542. The second kappa shape index (κ2) is 4.22. The van der Waals surface area contributed by atoms with Gasteiger partial charge in [0.1, 0.15) is 4.60 Å². The first kappa shape index (κ1) is 11.1. The van der Waals surface area contributed by atoms with E-state index in [-0.39, 0.29) is 0 Å². The molecule has 0 aliphatic rings. The van der Waals surface area contributed by atoms with Gasteiger partial charge in [-0.25, -0.2) is 4.98 Å². The maximum absolute atomic E-state index is 4.28. The molecule has 0 unspecified atom stereocenters. The molecule has 0 N–H and O–H groups in total. The van der Waals surface area contributed by atoms with E-state index in [2.05, 4.69) is 68.9 Å². The van der Waals surface area contributed by atoms with Gasteiger partial charge >= 0.3 is 0 Å². The van der Waals surface area contributed by atoms with Gasteiger partial charge in [0.05, 0.1) is 0 Å². The normalized spacial score (nSPS) is 11.3. The third-order valence-corrected chi connectivity index (χ3v) is 3.74. The molecule has 15 heavy (non-hydrogen) atoms. The number of rotatable bonds is 1. The van der Waals surface area contributed by atoms with Crippen LogP contribution in [0.2, 0.25) is 0 Å². The van der Waals surface area contributed by atoms with Crippen molar-refractivity contribution in [1.29, 1.82) is 0 Å². The molecule has 0 fully saturated rings. The molecule has 78 valence electrons. The molecule has 1 heterocycles. The first-order chi connectivity index (χ1) is 7.09. The van der Waals surface area contributed by atoms with E-state index >= 15 is 0 Å². The molecule has 1 aromatic heterocycles. The van der Waals surface area contributed by atoms with Gasteiger partial charge in [0.25, 0.3) is 0 Å². The second-order valence-corrected chi connectivity index (χ2v) is 5.46. The van der Waals surface area contributed by atoms with Crippen molar-refractivity contribution in [3.05, 3.63) is 39.0 Å². The van der Waals surface area contributed by atoms with Crippen LogP contribution in [0.3, 0.4) is 0 Å². The van der Waals surface area contributed by atoms with Gasteiger partial charge in [-0.2, -0.15) is 0 Å². The van der Waals surface area contributed by atoms with Crippen LogP contribution in [0.15, 0.2) is 33.5 Å². The standard InChI is InChI=1S/C12H11Br2N/c1-7(2)8-3-4-9-10(5-8)12(14)15-6-11(9)13/h3-7H,1-2H3. The zero-order valence-corrected chi connectivity index (χ0v) is 11.8. The predicted molar refractivity (Wildman–Crippen MR) is 71.2 cm³/mol. The van der Waals surface area contributed by atoms with Crippen molar-refractivity contribution in [1.82, 2.24) is 4.98 Å². The molecule has 0 spiro atoms. The van der Waals surface area contributed by atoms with E-state index in [0.29, 0.717) is 5.92 Å². The predicted octanol–water partition coefficient (Wildman–Crippen LogP) is 4.88. The lowest BCUT2D eigenvalue weighted by atomic mass is 10.0. The molecule has 0 saturated heterocycles. The molecule has 1 aromatic carbocycles. The summed E-state index contributed by atoms with van der Waals surface area (Å²) in [5, 5.41) is 2.36. The highest BCUT2D eigenvalue weighted by Gasteiger charge is 2.06. The Labute approximate surface area is 106 Å². The van der Waals surface area contributed by atoms with Crippen molar-refractivity contribution in [2.45, 2.75) is 19.8 Å². The van der Waals surface area contributed by atoms with E-state index in [9.17, 15) is 0 Å². The van der Waals surface area contributed by atoms with Gasteiger partial charge in [0.2, 0.25) is 0 Å². The van der Waals surface area contributed by atoms with Crippen molar-refractivity contribution in [3.8, 4) is 0 Å². The van der Waals surface area contributed by atoms with Crippen LogP contribution in [-0.4, -0.2) is 4.98 Å². The van der Waals surface area contributed by atoms with Crippen LogP contribution < -0.4 is 0 Å². The van der Waals surface area contributed by atoms with Crippen molar-refractivity contribution in [3.63, 3.8) is 0 Å². The fraction of sp³-hybridized carbons (Fsp3) is 0.250. The first-order valence-corrected chi connectivity index (χ1v) is 6.42. The molecule has 0 bridgehead atoms. The number of benzene rings is 1. The van der Waals surface area contributed by atoms with Crippen LogP contribution in [0, 0.1) is 0 Å². The van der Waals surface area contributed by atoms with E-state index in [1.54, 1.807) is 0 Å². The molecule has 3 heteroatoms. The first-order valence-electron chi connectivity index (χ1n) is 4.83. The van der Waals surface area contributed by atoms with Gasteiger partial charge in [-0.3, -0.25) is 0 Å². The summed E-state index contributed by atoms with van der Waals surface area (Å²) in [4.78, 5) is 4.28. The van der Waals surface area contributed by atoms with Gasteiger partial charge in [0.15, 0.2) is 0 Å². The highest BCUT2D eigenvalue weighted by molar-refractivity contribution is 9.11. The molecule has 0 amide bonds. The molecule has 0 aliphatic heterocycles. The number of halogens is 2. The van der Waals surface area contributed by atoms with Crippen LogP contribution in [0.1, 0.15) is 25.3 Å². The Morgan fingerprint density at radius 2 is 1.87 bits per heavy atom. The SMILES string of the molecule is CC(C)c1ccc2c(Br)cnc(Br)c2c1. The third kappa shape index (κ3) is 2.08. The topological polar surface area (TPSA) is 12.9 Å². The summed E-state index contributed by atoms with van der Waals surface area (Å²) >= 11 is 6.99. The molecule has 0 atom stereocenters. The van der Waals surface area contributed by atoms with Gasteiger partial charge in [-0.05, 0) is 49.4 Å². The van der Waals surface area contributed by atoms with Crippen molar-refractivity contribution in [2.24, 2.45) is 0 Å². The molecule has 0 saturated carbocycles. The Morgan fingerprint density at radius 3 is 2.53 bits per heavy atom. The lowest BCUT2D eigenvalue weighted by molar-refractivity contribution is 0.868. The summed E-state index contributed by atoms with van der Waals surface area (Å²) in [6.45, 7) is 4.39. The maximum atomic E-state index is 4.28. The molecule has 0 radical (unpaired) electrons. The van der Waals surface area contributed by atoms with E-state index < -0.39 is 0 Å². The van der Waals surface area contributed by atoms with Gasteiger partial charge in [-0.15, -0.1) is 0 Å². The van der Waals surface area contributed by atoms with Crippen LogP contribution >= 0.6 is 31.9 Å². The Balaban J connectivity index is 2.76. The van der Waals surface area contributed by atoms with Crippen LogP contribution in [0.25, 0.3) is 10.8 Å². The minimum atomic E-state index is 0.542. The molecule has 2 aromatic rings. The minimum absolute atomic E-state index is 0.542. The zero-order chi connectivity index (χ0) is 11.0. The van der Waals surface area contributed by atoms with E-state index in [1.165, 1.54) is 10.9 Å². The number of hydrogen-bond donors (Lipinski definition) is 0. The molecule has 0 aliphatic carbocycles. The Morgan fingerprint density at radius 1 is 1.13 bits per heavy atom. The Hall–Kier alpha value is -0.410. The molecular formula is C12H11Br2N. The highest BCUT2D eigenvalue weighted by atomic mass is 79.9. The third-order valence-electron chi connectivity index (χ3n) is 2.48. The van der Waals surface area contributed by atoms with Gasteiger partial charge in [-0.1, -0.05) is 26.0 Å². The monoisotopic (exact) mass is 327 g/mol. The number of hydrogen-bond acceptors (Lipinski definition) is 1. The quantitative estimate of drug-likeness (QED) is 0.680. The van der Waals surface area contributed by atoms with Gasteiger partial charge < -0.3 is 0 Å². The van der Waals surface area contributed by atoms with E-state index in [1.807, 2.05) is 6.20 Å². The molecule has 2 rings (SSSR count). The lowest BCUT2D eigenvalue weighted by Gasteiger charge is -2.08. The average Bonchev–Trinajstić information content (AvgIpc) is 2.23. The number of nitrogens with zero attached hydrogens (tertiary/aromatic N) is 1. The largest absolute Gasteiger partial charge is 0.248 e. The fourth-order valence-corrected chi connectivity index (χ4v) is 2.43. The summed E-state index contributed by atoms with van der Waals surface area (Å²) in [5.41, 5.74) is 1.34. The highest BCUT2D eigenvalue weighted by Crippen LogP contribution is 2.30. The van der Waals surface area contributed by atoms with Gasteiger partial charge in [0, 0.05) is 21.4 Å². The summed E-state index contributed by atoms with van der Waals surface area (Å²) in [7, 11) is 0. The van der Waals surface area contributed by atoms with Crippen molar-refractivity contribution in [2.75, 3.05) is 0 Å². The van der Waals surface area contributed by atoms with E-state index in [4.69, 9.17) is 0 Å². The van der Waals surface area contributed by atoms with Crippen LogP contribution in [-0.2, 0) is 0 Å². The van der Waals surface area contributed by atoms with Crippen molar-refractivity contribution >= 4 is 42.6 Å². The minimum Gasteiger partial charge on any atom is -0.248 e. The lowest BCUT2D eigenvalue weighted by Crippen LogP contribution is -1.89. The van der Waals surface area contributed by atoms with Crippen LogP contribution in [0.4, 0.5) is 0 Å². The number of fused-ring (bicyclic) bond motifs is 1. The van der Waals surface area contributed by atoms with Crippen molar-refractivity contribution < 1.29 is 0 Å². The summed E-state index contributed by atoms with van der Waals surface area (Å²) in [6, 6.07) is 6.51. The zero-order valence-electron chi connectivity index (χ0n) is 8.59. The number of aromatic nitrogens is 1. The smallest absolute Gasteiger partial charge is 0.113 e. The Bertz CT molecular complexity index is 506. The summed E-state index contributed by atoms with van der Waals surface area (Å²) in [6.07, 6.45) is 1.82. The number of pyridine rings is 1. The van der Waals surface area contributed by atoms with E-state index in [0.717, 1.165) is 14.5 Å². The second-order valence-electron chi connectivity index (χ2n) is 3.86. The summed E-state index contributed by atoms with van der Waals surface area (Å²) < 4.78 is 1.94. The molecule has 1 nitrogen and oxygen atoms in total. The fourth-order valence-electron chi connectivity index (χ4n) is 1.55. The Kier molecular flexibility index (Phi) is 3.12. The maximum Gasteiger partial charge on any atom is 0.113 e.